The van der Waals surface area contributed by atoms with Gasteiger partial charge >= 0.3 is 0 Å². The standard InChI is InChI=1S/C25H38O2/c1-9-16-11-18(22(26)20(13-16)24(3,4)5)15-19-12-17(10-2)14-21(23(19)27)25(6,7)8/h11,13-14,19,26-27H,9-10,12,15H2,1-8H3. The lowest BCUT2D eigenvalue weighted by Gasteiger charge is -2.32. The first-order valence-electron chi connectivity index (χ1n) is 10.4. The normalized spacial score (nSPS) is 18.7. The first-order chi connectivity index (χ1) is 12.4. The molecule has 0 bridgehead atoms. The highest BCUT2D eigenvalue weighted by Gasteiger charge is 2.30. The molecule has 0 spiro atoms. The molecule has 0 heterocycles. The zero-order chi connectivity index (χ0) is 20.6. The number of rotatable bonds is 4. The number of aliphatic hydroxyl groups excluding tert-OH is 1. The Morgan fingerprint density at radius 3 is 2.04 bits per heavy atom. The van der Waals surface area contributed by atoms with Crippen molar-refractivity contribution in [2.75, 3.05) is 0 Å². The van der Waals surface area contributed by atoms with E-state index in [0.717, 1.165) is 36.0 Å². The van der Waals surface area contributed by atoms with Gasteiger partial charge in [0.15, 0.2) is 0 Å². The van der Waals surface area contributed by atoms with E-state index in [-0.39, 0.29) is 16.7 Å². The summed E-state index contributed by atoms with van der Waals surface area (Å²) in [7, 11) is 0. The van der Waals surface area contributed by atoms with E-state index in [1.807, 2.05) is 0 Å². The molecule has 0 radical (unpaired) electrons. The maximum Gasteiger partial charge on any atom is 0.122 e. The summed E-state index contributed by atoms with van der Waals surface area (Å²) in [5, 5.41) is 22.0. The molecule has 1 atom stereocenters. The van der Waals surface area contributed by atoms with Crippen molar-refractivity contribution >= 4 is 0 Å². The van der Waals surface area contributed by atoms with Crippen LogP contribution in [0.1, 0.15) is 84.9 Å². The van der Waals surface area contributed by atoms with E-state index >= 15 is 0 Å². The fourth-order valence-electron chi connectivity index (χ4n) is 3.94. The van der Waals surface area contributed by atoms with Gasteiger partial charge in [0, 0.05) is 5.92 Å². The molecule has 0 aliphatic heterocycles. The van der Waals surface area contributed by atoms with E-state index in [4.69, 9.17) is 0 Å². The molecule has 1 unspecified atom stereocenters. The number of allylic oxidation sites excluding steroid dienone is 4. The zero-order valence-electron chi connectivity index (χ0n) is 18.5. The molecule has 0 fully saturated rings. The summed E-state index contributed by atoms with van der Waals surface area (Å²) in [4.78, 5) is 0. The minimum atomic E-state index is -0.112. The van der Waals surface area contributed by atoms with Crippen molar-refractivity contribution in [3.8, 4) is 5.75 Å². The Hall–Kier alpha value is -1.70. The fourth-order valence-corrected chi connectivity index (χ4v) is 3.94. The van der Waals surface area contributed by atoms with Crippen molar-refractivity contribution in [3.63, 3.8) is 0 Å². The second-order valence-electron chi connectivity index (χ2n) is 10.1. The lowest BCUT2D eigenvalue weighted by Crippen LogP contribution is -2.21. The molecule has 1 aliphatic carbocycles. The summed E-state index contributed by atoms with van der Waals surface area (Å²) in [5.74, 6) is 0.931. The summed E-state index contributed by atoms with van der Waals surface area (Å²) in [6, 6.07) is 4.26. The van der Waals surface area contributed by atoms with Crippen LogP contribution in [-0.4, -0.2) is 10.2 Å². The lowest BCUT2D eigenvalue weighted by molar-refractivity contribution is 0.295. The molecule has 0 saturated heterocycles. The summed E-state index contributed by atoms with van der Waals surface area (Å²) in [6.45, 7) is 17.2. The van der Waals surface area contributed by atoms with E-state index in [2.05, 4.69) is 73.6 Å². The summed E-state index contributed by atoms with van der Waals surface area (Å²) in [5.41, 5.74) is 5.42. The van der Waals surface area contributed by atoms with E-state index in [1.54, 1.807) is 0 Å². The van der Waals surface area contributed by atoms with Crippen LogP contribution >= 0.6 is 0 Å². The van der Waals surface area contributed by atoms with Gasteiger partial charge in [-0.25, -0.2) is 0 Å². The van der Waals surface area contributed by atoms with Gasteiger partial charge in [-0.1, -0.05) is 79.2 Å². The Labute approximate surface area is 166 Å². The molecule has 1 aromatic rings. The first kappa shape index (κ1) is 21.6. The Morgan fingerprint density at radius 1 is 0.926 bits per heavy atom. The highest BCUT2D eigenvalue weighted by molar-refractivity contribution is 5.48. The van der Waals surface area contributed by atoms with Crippen molar-refractivity contribution in [3.05, 3.63) is 51.8 Å². The van der Waals surface area contributed by atoms with Crippen LogP contribution in [0, 0.1) is 11.3 Å². The number of aliphatic hydroxyl groups is 1. The van der Waals surface area contributed by atoms with Crippen LogP contribution < -0.4 is 0 Å². The third-order valence-corrected chi connectivity index (χ3v) is 5.71. The van der Waals surface area contributed by atoms with Crippen LogP contribution in [0.5, 0.6) is 5.75 Å². The maximum absolute atomic E-state index is 11.0. The molecule has 2 heteroatoms. The maximum atomic E-state index is 11.0. The SMILES string of the molecule is CCC1=CC(C(C)(C)C)=C(O)C(Cc2cc(CC)cc(C(C)(C)C)c2O)C1. The molecule has 150 valence electrons. The van der Waals surface area contributed by atoms with Gasteiger partial charge in [-0.2, -0.15) is 0 Å². The van der Waals surface area contributed by atoms with Crippen molar-refractivity contribution < 1.29 is 10.2 Å². The number of aryl methyl sites for hydroxylation is 1. The number of hydrogen-bond acceptors (Lipinski definition) is 2. The smallest absolute Gasteiger partial charge is 0.122 e. The molecule has 1 aliphatic rings. The van der Waals surface area contributed by atoms with Gasteiger partial charge in [0.05, 0.1) is 5.76 Å². The lowest BCUT2D eigenvalue weighted by atomic mass is 9.75. The van der Waals surface area contributed by atoms with Crippen molar-refractivity contribution in [1.82, 2.24) is 0 Å². The van der Waals surface area contributed by atoms with Crippen LogP contribution in [0.15, 0.2) is 35.1 Å². The van der Waals surface area contributed by atoms with E-state index in [0.29, 0.717) is 17.9 Å². The van der Waals surface area contributed by atoms with Crippen LogP contribution in [0.25, 0.3) is 0 Å². The van der Waals surface area contributed by atoms with Gasteiger partial charge in [0.25, 0.3) is 0 Å². The largest absolute Gasteiger partial charge is 0.512 e. The summed E-state index contributed by atoms with van der Waals surface area (Å²) in [6.07, 6.45) is 5.66. The average molecular weight is 371 g/mol. The van der Waals surface area contributed by atoms with Crippen molar-refractivity contribution in [2.24, 2.45) is 11.3 Å². The fraction of sp³-hybridized carbons (Fsp3) is 0.600. The number of phenols is 1. The van der Waals surface area contributed by atoms with E-state index < -0.39 is 0 Å². The predicted octanol–water partition coefficient (Wildman–Crippen LogP) is 7.01. The number of phenolic OH excluding ortho intramolecular Hbond substituents is 1. The Bertz CT molecular complexity index is 752. The Balaban J connectivity index is 2.50. The quantitative estimate of drug-likeness (QED) is 0.598. The zero-order valence-corrected chi connectivity index (χ0v) is 18.5. The average Bonchev–Trinajstić information content (AvgIpc) is 2.56. The van der Waals surface area contributed by atoms with Gasteiger partial charge in [-0.3, -0.25) is 0 Å². The van der Waals surface area contributed by atoms with Gasteiger partial charge in [-0.05, 0) is 58.8 Å². The van der Waals surface area contributed by atoms with Crippen LogP contribution in [0.3, 0.4) is 0 Å². The van der Waals surface area contributed by atoms with Crippen molar-refractivity contribution in [1.29, 1.82) is 0 Å². The Morgan fingerprint density at radius 2 is 1.56 bits per heavy atom. The minimum absolute atomic E-state index is 0.0324. The minimum Gasteiger partial charge on any atom is -0.512 e. The molecule has 1 aromatic carbocycles. The molecule has 0 aromatic heterocycles. The van der Waals surface area contributed by atoms with Crippen LogP contribution in [0.4, 0.5) is 0 Å². The third-order valence-electron chi connectivity index (χ3n) is 5.71. The highest BCUT2D eigenvalue weighted by atomic mass is 16.3. The number of aromatic hydroxyl groups is 1. The van der Waals surface area contributed by atoms with Crippen LogP contribution in [0.2, 0.25) is 0 Å². The van der Waals surface area contributed by atoms with E-state index in [1.165, 1.54) is 11.1 Å². The molecular formula is C25H38O2. The molecule has 27 heavy (non-hydrogen) atoms. The summed E-state index contributed by atoms with van der Waals surface area (Å²) < 4.78 is 0. The number of hydrogen-bond donors (Lipinski definition) is 2. The molecule has 2 N–H and O–H groups in total. The molecule has 0 amide bonds. The predicted molar refractivity (Wildman–Crippen MR) is 115 cm³/mol. The third kappa shape index (κ3) is 4.78. The van der Waals surface area contributed by atoms with Crippen LogP contribution in [-0.2, 0) is 18.3 Å². The van der Waals surface area contributed by atoms with Gasteiger partial charge in [0.1, 0.15) is 5.75 Å². The Kier molecular flexibility index (Phi) is 6.19. The van der Waals surface area contributed by atoms with Gasteiger partial charge < -0.3 is 10.2 Å². The van der Waals surface area contributed by atoms with Gasteiger partial charge in [0.2, 0.25) is 0 Å². The molecule has 2 rings (SSSR count). The van der Waals surface area contributed by atoms with E-state index in [9.17, 15) is 10.2 Å². The second kappa shape index (κ2) is 7.73. The van der Waals surface area contributed by atoms with Gasteiger partial charge in [-0.15, -0.1) is 0 Å². The number of benzene rings is 1. The highest BCUT2D eigenvalue weighted by Crippen LogP contribution is 2.42. The van der Waals surface area contributed by atoms with Crippen molar-refractivity contribution in [2.45, 2.75) is 86.5 Å². The molecular weight excluding hydrogens is 332 g/mol. The summed E-state index contributed by atoms with van der Waals surface area (Å²) >= 11 is 0. The topological polar surface area (TPSA) is 40.5 Å². The monoisotopic (exact) mass is 370 g/mol. The molecule has 0 saturated carbocycles. The second-order valence-corrected chi connectivity index (χ2v) is 10.1. The molecule has 2 nitrogen and oxygen atoms in total. The first-order valence-corrected chi connectivity index (χ1v) is 10.4.